The van der Waals surface area contributed by atoms with Crippen LogP contribution in [0.5, 0.6) is 5.75 Å². The van der Waals surface area contributed by atoms with E-state index >= 15 is 0 Å². The molecular formula is C15H21NO3. The van der Waals surface area contributed by atoms with Crippen molar-refractivity contribution in [2.45, 2.75) is 32.8 Å². The van der Waals surface area contributed by atoms with E-state index in [-0.39, 0.29) is 17.6 Å². The number of hydrogen-bond donors (Lipinski definition) is 2. The molecule has 1 amide bonds. The van der Waals surface area contributed by atoms with Crippen LogP contribution in [0.25, 0.3) is 0 Å². The Bertz CT molecular complexity index is 470. The highest BCUT2D eigenvalue weighted by Gasteiger charge is 2.30. The maximum atomic E-state index is 12.4. The Balaban J connectivity index is 2.17. The largest absolute Gasteiger partial charge is 0.507 e. The number of benzene rings is 1. The summed E-state index contributed by atoms with van der Waals surface area (Å²) in [5.41, 5.74) is 1.16. The van der Waals surface area contributed by atoms with Crippen molar-refractivity contribution in [1.82, 2.24) is 4.90 Å². The molecule has 2 atom stereocenters. The summed E-state index contributed by atoms with van der Waals surface area (Å²) in [5, 5.41) is 19.7. The number of phenols is 1. The van der Waals surface area contributed by atoms with Gasteiger partial charge >= 0.3 is 0 Å². The molecule has 1 aromatic rings. The molecule has 1 aromatic carbocycles. The SMILES string of the molecule is CCc1cccc(C(=O)N2CCC(C(C)O)C2)c1O. The molecule has 19 heavy (non-hydrogen) atoms. The molecule has 2 N–H and O–H groups in total. The average Bonchev–Trinajstić information content (AvgIpc) is 2.88. The molecule has 2 rings (SSSR count). The zero-order valence-corrected chi connectivity index (χ0v) is 11.5. The first-order valence-corrected chi connectivity index (χ1v) is 6.82. The van der Waals surface area contributed by atoms with Crippen LogP contribution in [-0.4, -0.2) is 40.2 Å². The number of phenolic OH excluding ortho intramolecular Hbond substituents is 1. The van der Waals surface area contributed by atoms with Gasteiger partial charge in [-0.1, -0.05) is 19.1 Å². The van der Waals surface area contributed by atoms with Crippen LogP contribution >= 0.6 is 0 Å². The molecule has 1 heterocycles. The minimum atomic E-state index is -0.395. The molecule has 0 radical (unpaired) electrons. The van der Waals surface area contributed by atoms with Gasteiger partial charge < -0.3 is 15.1 Å². The standard InChI is InChI=1S/C15H21NO3/c1-3-11-5-4-6-13(14(11)18)15(19)16-8-7-12(9-16)10(2)17/h4-6,10,12,17-18H,3,7-9H2,1-2H3. The highest BCUT2D eigenvalue weighted by Crippen LogP contribution is 2.27. The highest BCUT2D eigenvalue weighted by atomic mass is 16.3. The molecule has 0 bridgehead atoms. The normalized spacial score (nSPS) is 20.6. The molecule has 1 aliphatic rings. The van der Waals surface area contributed by atoms with Gasteiger partial charge in [0.05, 0.1) is 11.7 Å². The monoisotopic (exact) mass is 263 g/mol. The first-order valence-electron chi connectivity index (χ1n) is 6.82. The zero-order chi connectivity index (χ0) is 14.0. The number of aryl methyl sites for hydroxylation is 1. The lowest BCUT2D eigenvalue weighted by molar-refractivity contribution is 0.0759. The molecule has 1 saturated heterocycles. The summed E-state index contributed by atoms with van der Waals surface area (Å²) in [6.07, 6.45) is 1.12. The van der Waals surface area contributed by atoms with Crippen LogP contribution in [0.4, 0.5) is 0 Å². The fourth-order valence-electron chi connectivity index (χ4n) is 2.59. The lowest BCUT2D eigenvalue weighted by Gasteiger charge is -2.19. The van der Waals surface area contributed by atoms with Crippen molar-refractivity contribution < 1.29 is 15.0 Å². The van der Waals surface area contributed by atoms with Crippen molar-refractivity contribution in [3.8, 4) is 5.75 Å². The second-order valence-corrected chi connectivity index (χ2v) is 5.21. The molecule has 104 valence electrons. The summed E-state index contributed by atoms with van der Waals surface area (Å²) in [7, 11) is 0. The van der Waals surface area contributed by atoms with Crippen molar-refractivity contribution in [3.05, 3.63) is 29.3 Å². The summed E-state index contributed by atoms with van der Waals surface area (Å²) in [6.45, 7) is 4.91. The number of para-hydroxylation sites is 1. The molecule has 0 saturated carbocycles. The Kier molecular flexibility index (Phi) is 4.10. The Morgan fingerprint density at radius 1 is 1.53 bits per heavy atom. The van der Waals surface area contributed by atoms with E-state index in [1.165, 1.54) is 0 Å². The van der Waals surface area contributed by atoms with E-state index in [0.29, 0.717) is 25.1 Å². The first kappa shape index (κ1) is 13.9. The number of aliphatic hydroxyl groups is 1. The fraction of sp³-hybridized carbons (Fsp3) is 0.533. The lowest BCUT2D eigenvalue weighted by atomic mass is 10.0. The molecular weight excluding hydrogens is 242 g/mol. The Morgan fingerprint density at radius 3 is 2.84 bits per heavy atom. The summed E-state index contributed by atoms with van der Waals surface area (Å²) < 4.78 is 0. The Hall–Kier alpha value is -1.55. The summed E-state index contributed by atoms with van der Waals surface area (Å²) >= 11 is 0. The minimum absolute atomic E-state index is 0.0931. The van der Waals surface area contributed by atoms with Gasteiger partial charge in [0.2, 0.25) is 0 Å². The number of hydrogen-bond acceptors (Lipinski definition) is 3. The van der Waals surface area contributed by atoms with Gasteiger partial charge in [0, 0.05) is 19.0 Å². The van der Waals surface area contributed by atoms with Crippen LogP contribution in [0.2, 0.25) is 0 Å². The van der Waals surface area contributed by atoms with E-state index < -0.39 is 6.10 Å². The third kappa shape index (κ3) is 2.73. The molecule has 0 aromatic heterocycles. The van der Waals surface area contributed by atoms with Crippen LogP contribution < -0.4 is 0 Å². The Labute approximate surface area is 113 Å². The lowest BCUT2D eigenvalue weighted by Crippen LogP contribution is -2.30. The maximum Gasteiger partial charge on any atom is 0.257 e. The minimum Gasteiger partial charge on any atom is -0.507 e. The molecule has 4 nitrogen and oxygen atoms in total. The third-order valence-corrected chi connectivity index (χ3v) is 3.93. The first-order chi connectivity index (χ1) is 9.04. The molecule has 4 heteroatoms. The van der Waals surface area contributed by atoms with Crippen LogP contribution in [0.15, 0.2) is 18.2 Å². The summed E-state index contributed by atoms with van der Waals surface area (Å²) in [4.78, 5) is 14.1. The van der Waals surface area contributed by atoms with Crippen molar-refractivity contribution in [2.24, 2.45) is 5.92 Å². The van der Waals surface area contributed by atoms with Crippen molar-refractivity contribution in [3.63, 3.8) is 0 Å². The van der Waals surface area contributed by atoms with Gasteiger partial charge in [-0.25, -0.2) is 0 Å². The predicted octanol–water partition coefficient (Wildman–Crippen LogP) is 1.80. The van der Waals surface area contributed by atoms with E-state index in [2.05, 4.69) is 0 Å². The van der Waals surface area contributed by atoms with Crippen molar-refractivity contribution in [2.75, 3.05) is 13.1 Å². The Morgan fingerprint density at radius 2 is 2.26 bits per heavy atom. The number of rotatable bonds is 3. The highest BCUT2D eigenvalue weighted by molar-refractivity contribution is 5.97. The van der Waals surface area contributed by atoms with Crippen LogP contribution in [-0.2, 0) is 6.42 Å². The van der Waals surface area contributed by atoms with E-state index in [1.807, 2.05) is 13.0 Å². The molecule has 1 fully saturated rings. The fourth-order valence-corrected chi connectivity index (χ4v) is 2.59. The number of nitrogens with zero attached hydrogens (tertiary/aromatic N) is 1. The van der Waals surface area contributed by atoms with E-state index in [9.17, 15) is 15.0 Å². The second-order valence-electron chi connectivity index (χ2n) is 5.21. The predicted molar refractivity (Wildman–Crippen MR) is 73.2 cm³/mol. The summed E-state index contributed by atoms with van der Waals surface area (Å²) in [6, 6.07) is 5.29. The summed E-state index contributed by atoms with van der Waals surface area (Å²) in [5.74, 6) is 0.0897. The van der Waals surface area contributed by atoms with Crippen molar-refractivity contribution >= 4 is 5.91 Å². The second kappa shape index (κ2) is 5.61. The number of aliphatic hydroxyl groups excluding tert-OH is 1. The molecule has 0 spiro atoms. The molecule has 2 unspecified atom stereocenters. The van der Waals surface area contributed by atoms with Crippen LogP contribution in [0.3, 0.4) is 0 Å². The smallest absolute Gasteiger partial charge is 0.257 e. The average molecular weight is 263 g/mol. The topological polar surface area (TPSA) is 60.8 Å². The van der Waals surface area contributed by atoms with Gasteiger partial charge in [0.1, 0.15) is 5.75 Å². The van der Waals surface area contributed by atoms with E-state index in [1.54, 1.807) is 24.0 Å². The van der Waals surface area contributed by atoms with Crippen molar-refractivity contribution in [1.29, 1.82) is 0 Å². The maximum absolute atomic E-state index is 12.4. The third-order valence-electron chi connectivity index (χ3n) is 3.93. The zero-order valence-electron chi connectivity index (χ0n) is 11.5. The number of carbonyl (C=O) groups is 1. The van der Waals surface area contributed by atoms with Gasteiger partial charge in [-0.2, -0.15) is 0 Å². The molecule has 1 aliphatic heterocycles. The number of amides is 1. The van der Waals surface area contributed by atoms with Gasteiger partial charge in [-0.3, -0.25) is 4.79 Å². The van der Waals surface area contributed by atoms with Gasteiger partial charge in [0.25, 0.3) is 5.91 Å². The van der Waals surface area contributed by atoms with E-state index in [4.69, 9.17) is 0 Å². The quantitative estimate of drug-likeness (QED) is 0.874. The van der Waals surface area contributed by atoms with Gasteiger partial charge in [-0.15, -0.1) is 0 Å². The van der Waals surface area contributed by atoms with Crippen LogP contribution in [0, 0.1) is 5.92 Å². The van der Waals surface area contributed by atoms with Gasteiger partial charge in [-0.05, 0) is 31.4 Å². The molecule has 0 aliphatic carbocycles. The number of carbonyl (C=O) groups excluding carboxylic acids is 1. The van der Waals surface area contributed by atoms with Crippen LogP contribution in [0.1, 0.15) is 36.2 Å². The van der Waals surface area contributed by atoms with E-state index in [0.717, 1.165) is 12.0 Å². The number of likely N-dealkylation sites (tertiary alicyclic amines) is 1. The van der Waals surface area contributed by atoms with Gasteiger partial charge in [0.15, 0.2) is 0 Å². The number of aromatic hydroxyl groups is 1.